The van der Waals surface area contributed by atoms with Crippen molar-refractivity contribution in [2.45, 2.75) is 9.79 Å². The molecule has 0 heterocycles. The molecular weight excluding hydrogens is 275 g/mol. The van der Waals surface area contributed by atoms with Gasteiger partial charge in [0.2, 0.25) is 0 Å². The van der Waals surface area contributed by atoms with E-state index in [0.717, 1.165) is 21.3 Å². The number of para-hydroxylation sites is 2. The highest BCUT2D eigenvalue weighted by atomic mass is 32.2. The first-order valence-corrected chi connectivity index (χ1v) is 8.21. The Bertz CT molecular complexity index is 487. The lowest BCUT2D eigenvalue weighted by Gasteiger charge is -2.11. The molecule has 0 amide bonds. The van der Waals surface area contributed by atoms with E-state index in [2.05, 4.69) is 0 Å². The van der Waals surface area contributed by atoms with E-state index in [4.69, 9.17) is 9.31 Å². The summed E-state index contributed by atoms with van der Waals surface area (Å²) in [4.78, 5) is 2.17. The van der Waals surface area contributed by atoms with Crippen molar-refractivity contribution in [2.75, 3.05) is 12.5 Å². The molecule has 0 N–H and O–H groups in total. The molecule has 0 aromatic heterocycles. The average molecular weight is 289 g/mol. The van der Waals surface area contributed by atoms with Gasteiger partial charge in [-0.05, 0) is 36.8 Å². The number of rotatable bonds is 6. The third-order valence-electron chi connectivity index (χ3n) is 2.49. The molecular formula is C14H14BO2S2. The van der Waals surface area contributed by atoms with Gasteiger partial charge in [-0.1, -0.05) is 24.3 Å². The Morgan fingerprint density at radius 2 is 1.16 bits per heavy atom. The Hall–Kier alpha value is -1.20. The van der Waals surface area contributed by atoms with Gasteiger partial charge in [-0.3, -0.25) is 0 Å². The minimum absolute atomic E-state index is 0.802. The maximum absolute atomic E-state index is 5.55. The zero-order chi connectivity index (χ0) is 13.5. The van der Waals surface area contributed by atoms with E-state index in [9.17, 15) is 0 Å². The Kier molecular flexibility index (Phi) is 5.54. The van der Waals surface area contributed by atoms with Gasteiger partial charge < -0.3 is 9.31 Å². The van der Waals surface area contributed by atoms with Crippen molar-refractivity contribution in [1.82, 2.24) is 0 Å². The van der Waals surface area contributed by atoms with Crippen molar-refractivity contribution in [2.24, 2.45) is 0 Å². The number of hydrogen-bond donors (Lipinski definition) is 0. The van der Waals surface area contributed by atoms with Gasteiger partial charge in [0.05, 0.1) is 0 Å². The summed E-state index contributed by atoms with van der Waals surface area (Å²) in [6.45, 7) is 0. The predicted octanol–water partition coefficient (Wildman–Crippen LogP) is 4.12. The third kappa shape index (κ3) is 3.88. The molecule has 0 fully saturated rings. The highest BCUT2D eigenvalue weighted by Gasteiger charge is 2.07. The molecule has 0 aliphatic carbocycles. The molecule has 19 heavy (non-hydrogen) atoms. The molecule has 2 rings (SSSR count). The van der Waals surface area contributed by atoms with E-state index in [0.29, 0.717) is 0 Å². The van der Waals surface area contributed by atoms with Crippen LogP contribution in [0.2, 0.25) is 0 Å². The van der Waals surface area contributed by atoms with Crippen LogP contribution < -0.4 is 9.31 Å². The van der Waals surface area contributed by atoms with Crippen LogP contribution >= 0.6 is 23.5 Å². The lowest BCUT2D eigenvalue weighted by molar-refractivity contribution is 0.447. The molecule has 0 aliphatic rings. The monoisotopic (exact) mass is 289 g/mol. The van der Waals surface area contributed by atoms with E-state index in [1.165, 1.54) is 7.69 Å². The quantitative estimate of drug-likeness (QED) is 0.588. The molecule has 1 radical (unpaired) electrons. The smallest absolute Gasteiger partial charge is 0.525 e. The molecule has 0 spiro atoms. The van der Waals surface area contributed by atoms with Crippen LogP contribution in [0, 0.1) is 0 Å². The summed E-state index contributed by atoms with van der Waals surface area (Å²) in [5.41, 5.74) is 0. The van der Waals surface area contributed by atoms with Gasteiger partial charge in [0.15, 0.2) is 0 Å². The minimum atomic E-state index is 0.802. The molecule has 2 nitrogen and oxygen atoms in total. The van der Waals surface area contributed by atoms with Crippen LogP contribution in [0.15, 0.2) is 58.3 Å². The van der Waals surface area contributed by atoms with Crippen molar-refractivity contribution in [3.63, 3.8) is 0 Å². The van der Waals surface area contributed by atoms with Crippen LogP contribution in [-0.2, 0) is 0 Å². The average Bonchev–Trinajstić information content (AvgIpc) is 2.48. The molecule has 97 valence electrons. The molecule has 0 unspecified atom stereocenters. The SMILES string of the molecule is CSc1ccccc1O[B]Oc1ccccc1SC. The van der Waals surface area contributed by atoms with Gasteiger partial charge in [-0.15, -0.1) is 23.5 Å². The lowest BCUT2D eigenvalue weighted by atomic mass is 10.3. The summed E-state index contributed by atoms with van der Waals surface area (Å²) in [6.07, 6.45) is 4.04. The summed E-state index contributed by atoms with van der Waals surface area (Å²) in [5, 5.41) is 0. The Balaban J connectivity index is 1.96. The number of thioether (sulfide) groups is 2. The highest BCUT2D eigenvalue weighted by molar-refractivity contribution is 7.99. The first-order chi connectivity index (χ1) is 9.35. The van der Waals surface area contributed by atoms with Crippen molar-refractivity contribution >= 4 is 31.2 Å². The number of benzene rings is 2. The molecule has 0 saturated carbocycles. The van der Waals surface area contributed by atoms with E-state index < -0.39 is 0 Å². The van der Waals surface area contributed by atoms with Crippen LogP contribution in [0.3, 0.4) is 0 Å². The second-order valence-electron chi connectivity index (χ2n) is 3.63. The first kappa shape index (κ1) is 14.2. The lowest BCUT2D eigenvalue weighted by Crippen LogP contribution is -2.11. The fraction of sp³-hybridized carbons (Fsp3) is 0.143. The molecule has 0 saturated heterocycles. The molecule has 0 atom stereocenters. The van der Waals surface area contributed by atoms with Crippen LogP contribution in [0.25, 0.3) is 0 Å². The van der Waals surface area contributed by atoms with Gasteiger partial charge in [-0.2, -0.15) is 0 Å². The summed E-state index contributed by atoms with van der Waals surface area (Å²) in [5.74, 6) is 1.60. The third-order valence-corrected chi connectivity index (χ3v) is 4.04. The Labute approximate surface area is 123 Å². The van der Waals surface area contributed by atoms with Crippen molar-refractivity contribution in [1.29, 1.82) is 0 Å². The second-order valence-corrected chi connectivity index (χ2v) is 5.33. The van der Waals surface area contributed by atoms with Gasteiger partial charge in [0.25, 0.3) is 0 Å². The van der Waals surface area contributed by atoms with Gasteiger partial charge in [-0.25, -0.2) is 0 Å². The molecule has 2 aromatic carbocycles. The van der Waals surface area contributed by atoms with E-state index in [-0.39, 0.29) is 0 Å². The Morgan fingerprint density at radius 1 is 0.737 bits per heavy atom. The second kappa shape index (κ2) is 7.41. The maximum Gasteiger partial charge on any atom is 0.658 e. The maximum atomic E-state index is 5.55. The molecule has 0 bridgehead atoms. The van der Waals surface area contributed by atoms with E-state index in [1.807, 2.05) is 61.0 Å². The van der Waals surface area contributed by atoms with Gasteiger partial charge in [0.1, 0.15) is 11.5 Å². The zero-order valence-corrected chi connectivity index (χ0v) is 12.5. The topological polar surface area (TPSA) is 18.5 Å². The van der Waals surface area contributed by atoms with Crippen LogP contribution in [0.1, 0.15) is 0 Å². The van der Waals surface area contributed by atoms with E-state index in [1.54, 1.807) is 23.5 Å². The van der Waals surface area contributed by atoms with Crippen molar-refractivity contribution in [3.8, 4) is 11.5 Å². The normalized spacial score (nSPS) is 10.0. The molecule has 2 aromatic rings. The molecule has 0 aliphatic heterocycles. The van der Waals surface area contributed by atoms with E-state index >= 15 is 0 Å². The van der Waals surface area contributed by atoms with Gasteiger partial charge in [0, 0.05) is 9.79 Å². The Morgan fingerprint density at radius 3 is 1.58 bits per heavy atom. The standard InChI is InChI=1S/C14H14BO2S2/c1-18-13-9-5-3-7-11(13)16-15-17-12-8-4-6-10-14(12)19-2/h3-10H,1-2H3. The largest absolute Gasteiger partial charge is 0.658 e. The number of hydrogen-bond acceptors (Lipinski definition) is 4. The highest BCUT2D eigenvalue weighted by Crippen LogP contribution is 2.28. The summed E-state index contributed by atoms with van der Waals surface area (Å²) in [6, 6.07) is 15.7. The first-order valence-electron chi connectivity index (χ1n) is 5.76. The summed E-state index contributed by atoms with van der Waals surface area (Å²) < 4.78 is 11.1. The van der Waals surface area contributed by atoms with Crippen molar-refractivity contribution in [3.05, 3.63) is 48.5 Å². The predicted molar refractivity (Wildman–Crippen MR) is 83.5 cm³/mol. The fourth-order valence-electron chi connectivity index (χ4n) is 1.56. The van der Waals surface area contributed by atoms with Crippen LogP contribution in [-0.4, -0.2) is 20.2 Å². The fourth-order valence-corrected chi connectivity index (χ4v) is 2.62. The van der Waals surface area contributed by atoms with Crippen molar-refractivity contribution < 1.29 is 9.31 Å². The summed E-state index contributed by atoms with van der Waals surface area (Å²) >= 11 is 3.29. The zero-order valence-electron chi connectivity index (χ0n) is 10.8. The summed E-state index contributed by atoms with van der Waals surface area (Å²) in [7, 11) is 1.38. The van der Waals surface area contributed by atoms with Crippen LogP contribution in [0.5, 0.6) is 11.5 Å². The molecule has 5 heteroatoms. The van der Waals surface area contributed by atoms with Crippen LogP contribution in [0.4, 0.5) is 0 Å². The van der Waals surface area contributed by atoms with Gasteiger partial charge >= 0.3 is 7.69 Å². The minimum Gasteiger partial charge on any atom is -0.525 e.